The summed E-state index contributed by atoms with van der Waals surface area (Å²) in [5.41, 5.74) is -4.83. The molecule has 15 heteroatoms. The molecule has 0 saturated carbocycles. The Morgan fingerprint density at radius 3 is 2.40 bits per heavy atom. The van der Waals surface area contributed by atoms with Crippen molar-refractivity contribution in [2.45, 2.75) is 18.9 Å². The highest BCUT2D eigenvalue weighted by Gasteiger charge is 2.44. The summed E-state index contributed by atoms with van der Waals surface area (Å²) in [7, 11) is 0. The summed E-state index contributed by atoms with van der Waals surface area (Å²) in [6, 6.07) is 9.06. The zero-order valence-corrected chi connectivity index (χ0v) is 20.4. The highest BCUT2D eigenvalue weighted by atomic mass is 19.4. The molecule has 1 saturated heterocycles. The predicted molar refractivity (Wildman–Crippen MR) is 129 cm³/mol. The van der Waals surface area contributed by atoms with E-state index in [-0.39, 0.29) is 16.0 Å². The van der Waals surface area contributed by atoms with Crippen molar-refractivity contribution in [3.05, 3.63) is 76.9 Å². The Balaban J connectivity index is 1.44. The van der Waals surface area contributed by atoms with Crippen LogP contribution >= 0.6 is 0 Å². The number of carbonyl (C=O) groups excluding carboxylic acids is 1. The quantitative estimate of drug-likeness (QED) is 0.342. The third-order valence-electron chi connectivity index (χ3n) is 6.29. The number of para-hydroxylation sites is 1. The lowest BCUT2D eigenvalue weighted by atomic mass is 10.1. The second kappa shape index (κ2) is 10.5. The van der Waals surface area contributed by atoms with Crippen molar-refractivity contribution in [2.75, 3.05) is 31.5 Å². The number of aromatic nitrogens is 4. The molecule has 2 aromatic heterocycles. The van der Waals surface area contributed by atoms with Crippen LogP contribution in [-0.4, -0.2) is 57.0 Å². The maximum atomic E-state index is 14.8. The van der Waals surface area contributed by atoms with Crippen LogP contribution in [0.3, 0.4) is 0 Å². The average Bonchev–Trinajstić information content (AvgIpc) is 3.36. The van der Waals surface area contributed by atoms with E-state index in [1.54, 1.807) is 6.07 Å². The molecular formula is C25H20F7N7O. The monoisotopic (exact) mass is 567 g/mol. The van der Waals surface area contributed by atoms with Gasteiger partial charge >= 0.3 is 12.4 Å². The molecule has 1 amide bonds. The number of benzene rings is 2. The summed E-state index contributed by atoms with van der Waals surface area (Å²) in [5, 5.41) is 12.3. The van der Waals surface area contributed by atoms with Gasteiger partial charge in [-0.25, -0.2) is 14.1 Å². The second-order valence-electron chi connectivity index (χ2n) is 9.02. The number of amides is 1. The van der Waals surface area contributed by atoms with E-state index in [1.165, 1.54) is 12.1 Å². The van der Waals surface area contributed by atoms with Gasteiger partial charge < -0.3 is 10.6 Å². The molecule has 3 heterocycles. The standard InChI is InChI=1S/C25H20F7N7O/c26-17-12-18-14(11-15(17)13-38-9-7-33-8-10-38)5-6-20(34-18)35-23(40)21-22(25(30,31)32)39(37-36-21)19-4-2-1-3-16(19)24(27,28)29/h1-6,11-12,33H,7-10,13H2,(H,34,35,40). The molecular weight excluding hydrogens is 547 g/mol. The Bertz CT molecular complexity index is 1560. The smallest absolute Gasteiger partial charge is 0.314 e. The third-order valence-corrected chi connectivity index (χ3v) is 6.29. The van der Waals surface area contributed by atoms with Crippen molar-refractivity contribution in [1.82, 2.24) is 30.2 Å². The minimum Gasteiger partial charge on any atom is -0.314 e. The zero-order chi connectivity index (χ0) is 28.7. The molecule has 2 N–H and O–H groups in total. The molecule has 0 atom stereocenters. The van der Waals surface area contributed by atoms with Gasteiger partial charge in [-0.15, -0.1) is 5.10 Å². The number of pyridine rings is 1. The van der Waals surface area contributed by atoms with Crippen molar-refractivity contribution in [3.63, 3.8) is 0 Å². The van der Waals surface area contributed by atoms with Gasteiger partial charge in [0.1, 0.15) is 11.6 Å². The molecule has 1 aliphatic heterocycles. The molecule has 1 aliphatic rings. The maximum Gasteiger partial charge on any atom is 0.435 e. The van der Waals surface area contributed by atoms with Crippen molar-refractivity contribution < 1.29 is 35.5 Å². The molecule has 0 unspecified atom stereocenters. The van der Waals surface area contributed by atoms with Gasteiger partial charge in [0, 0.05) is 49.7 Å². The number of anilines is 1. The van der Waals surface area contributed by atoms with Crippen LogP contribution in [0.4, 0.5) is 36.6 Å². The van der Waals surface area contributed by atoms with Crippen LogP contribution in [-0.2, 0) is 18.9 Å². The summed E-state index contributed by atoms with van der Waals surface area (Å²) < 4.78 is 97.1. The Labute approximate surface area is 221 Å². The number of hydrogen-bond donors (Lipinski definition) is 2. The van der Waals surface area contributed by atoms with Crippen molar-refractivity contribution >= 4 is 22.6 Å². The van der Waals surface area contributed by atoms with Gasteiger partial charge in [-0.3, -0.25) is 9.69 Å². The van der Waals surface area contributed by atoms with Crippen molar-refractivity contribution in [2.24, 2.45) is 0 Å². The van der Waals surface area contributed by atoms with E-state index in [0.717, 1.165) is 50.4 Å². The van der Waals surface area contributed by atoms with Crippen molar-refractivity contribution in [1.29, 1.82) is 0 Å². The Kier molecular flexibility index (Phi) is 7.18. The Morgan fingerprint density at radius 2 is 1.70 bits per heavy atom. The fourth-order valence-corrected chi connectivity index (χ4v) is 4.42. The van der Waals surface area contributed by atoms with Gasteiger partial charge in [-0.1, -0.05) is 17.3 Å². The molecule has 40 heavy (non-hydrogen) atoms. The van der Waals surface area contributed by atoms with Crippen LogP contribution < -0.4 is 10.6 Å². The van der Waals surface area contributed by atoms with Gasteiger partial charge in [-0.05, 0) is 30.3 Å². The number of carbonyl (C=O) groups is 1. The van der Waals surface area contributed by atoms with E-state index in [1.807, 2.05) is 0 Å². The molecule has 5 rings (SSSR count). The summed E-state index contributed by atoms with van der Waals surface area (Å²) in [5.74, 6) is -2.16. The number of halogens is 7. The van der Waals surface area contributed by atoms with Crippen LogP contribution in [0.15, 0.2) is 48.5 Å². The number of nitrogens with zero attached hydrogens (tertiary/aromatic N) is 5. The van der Waals surface area contributed by atoms with E-state index >= 15 is 0 Å². The first-order chi connectivity index (χ1) is 18.9. The minimum atomic E-state index is -5.30. The molecule has 0 radical (unpaired) electrons. The first-order valence-corrected chi connectivity index (χ1v) is 11.9. The number of fused-ring (bicyclic) bond motifs is 1. The molecule has 2 aromatic carbocycles. The normalized spacial score (nSPS) is 15.0. The van der Waals surface area contributed by atoms with Crippen LogP contribution in [0.5, 0.6) is 0 Å². The maximum absolute atomic E-state index is 14.8. The third kappa shape index (κ3) is 5.60. The van der Waals surface area contributed by atoms with Gasteiger partial charge in [-0.2, -0.15) is 26.3 Å². The topological polar surface area (TPSA) is 88.0 Å². The number of hydrogen-bond acceptors (Lipinski definition) is 6. The fourth-order valence-electron chi connectivity index (χ4n) is 4.42. The summed E-state index contributed by atoms with van der Waals surface area (Å²) in [4.78, 5) is 19.0. The van der Waals surface area contributed by atoms with Crippen LogP contribution in [0, 0.1) is 5.82 Å². The lowest BCUT2D eigenvalue weighted by Crippen LogP contribution is -2.43. The lowest BCUT2D eigenvalue weighted by molar-refractivity contribution is -0.145. The van der Waals surface area contributed by atoms with Gasteiger partial charge in [0.2, 0.25) is 0 Å². The average molecular weight is 567 g/mol. The fraction of sp³-hybridized carbons (Fsp3) is 0.280. The number of rotatable bonds is 5. The Hall–Kier alpha value is -4.11. The molecule has 4 aromatic rings. The summed E-state index contributed by atoms with van der Waals surface area (Å²) in [6.45, 7) is 3.48. The van der Waals surface area contributed by atoms with E-state index in [0.29, 0.717) is 23.6 Å². The largest absolute Gasteiger partial charge is 0.435 e. The minimum absolute atomic E-state index is 0.0686. The van der Waals surface area contributed by atoms with E-state index in [4.69, 9.17) is 0 Å². The second-order valence-corrected chi connectivity index (χ2v) is 9.02. The van der Waals surface area contributed by atoms with E-state index < -0.39 is 46.7 Å². The van der Waals surface area contributed by atoms with Gasteiger partial charge in [0.25, 0.3) is 5.91 Å². The zero-order valence-electron chi connectivity index (χ0n) is 20.4. The highest BCUT2D eigenvalue weighted by molar-refractivity contribution is 6.03. The van der Waals surface area contributed by atoms with Crippen LogP contribution in [0.25, 0.3) is 16.6 Å². The van der Waals surface area contributed by atoms with Crippen molar-refractivity contribution in [3.8, 4) is 5.69 Å². The number of nitrogens with one attached hydrogen (secondary N) is 2. The number of alkyl halides is 6. The molecule has 0 spiro atoms. The van der Waals surface area contributed by atoms with Crippen LogP contribution in [0.1, 0.15) is 27.3 Å². The number of piperazine rings is 1. The molecule has 0 bridgehead atoms. The molecule has 0 aliphatic carbocycles. The molecule has 210 valence electrons. The Morgan fingerprint density at radius 1 is 0.975 bits per heavy atom. The highest BCUT2D eigenvalue weighted by Crippen LogP contribution is 2.38. The first-order valence-electron chi connectivity index (χ1n) is 11.9. The van der Waals surface area contributed by atoms with Gasteiger partial charge in [0.15, 0.2) is 11.4 Å². The summed E-state index contributed by atoms with van der Waals surface area (Å²) >= 11 is 0. The molecule has 1 fully saturated rings. The molecule has 8 nitrogen and oxygen atoms in total. The lowest BCUT2D eigenvalue weighted by Gasteiger charge is -2.27. The SMILES string of the molecule is O=C(Nc1ccc2cc(CN3CCNCC3)c(F)cc2n1)c1nnn(-c2ccccc2C(F)(F)F)c1C(F)(F)F. The van der Waals surface area contributed by atoms with Crippen LogP contribution in [0.2, 0.25) is 0 Å². The summed E-state index contributed by atoms with van der Waals surface area (Å²) in [6.07, 6.45) is -10.3. The predicted octanol–water partition coefficient (Wildman–Crippen LogP) is 4.65. The van der Waals surface area contributed by atoms with E-state index in [2.05, 4.69) is 30.8 Å². The first kappa shape index (κ1) is 27.5. The van der Waals surface area contributed by atoms with Gasteiger partial charge in [0.05, 0.1) is 16.8 Å². The van der Waals surface area contributed by atoms with E-state index in [9.17, 15) is 35.5 Å².